The van der Waals surface area contributed by atoms with E-state index in [1.807, 2.05) is 0 Å². The lowest BCUT2D eigenvalue weighted by Crippen LogP contribution is -2.38. The Morgan fingerprint density at radius 2 is 2.08 bits per heavy atom. The predicted molar refractivity (Wildman–Crippen MR) is 49.6 cm³/mol. The molecule has 1 fully saturated rings. The highest BCUT2D eigenvalue weighted by molar-refractivity contribution is 5.74. The van der Waals surface area contributed by atoms with Gasteiger partial charge in [0.05, 0.1) is 12.0 Å². The minimum atomic E-state index is -0.693. The van der Waals surface area contributed by atoms with Crippen LogP contribution in [0.5, 0.6) is 0 Å². The van der Waals surface area contributed by atoms with Crippen molar-refractivity contribution in [2.75, 3.05) is 13.7 Å². The van der Waals surface area contributed by atoms with Gasteiger partial charge >= 0.3 is 5.97 Å². The van der Waals surface area contributed by atoms with Gasteiger partial charge in [0, 0.05) is 7.11 Å². The van der Waals surface area contributed by atoms with Gasteiger partial charge in [-0.25, -0.2) is 0 Å². The Bertz CT molecular complexity index is 181. The van der Waals surface area contributed by atoms with Crippen LogP contribution in [0, 0.1) is 11.3 Å². The Morgan fingerprint density at radius 3 is 2.46 bits per heavy atom. The molecule has 0 bridgehead atoms. The van der Waals surface area contributed by atoms with Crippen LogP contribution >= 0.6 is 0 Å². The SMILES string of the molecule is COCC1(C(=O)O)CCC(C)CC1. The maximum atomic E-state index is 11.1. The van der Waals surface area contributed by atoms with Crippen molar-refractivity contribution in [1.29, 1.82) is 0 Å². The van der Waals surface area contributed by atoms with Gasteiger partial charge in [-0.3, -0.25) is 4.79 Å². The van der Waals surface area contributed by atoms with Crippen LogP contribution in [-0.4, -0.2) is 24.8 Å². The average Bonchev–Trinajstić information content (AvgIpc) is 2.09. The van der Waals surface area contributed by atoms with Crippen LogP contribution < -0.4 is 0 Å². The highest BCUT2D eigenvalue weighted by Gasteiger charge is 2.41. The van der Waals surface area contributed by atoms with E-state index in [2.05, 4.69) is 6.92 Å². The van der Waals surface area contributed by atoms with E-state index in [9.17, 15) is 4.79 Å². The van der Waals surface area contributed by atoms with Gasteiger partial charge in [-0.2, -0.15) is 0 Å². The molecule has 1 aliphatic rings. The van der Waals surface area contributed by atoms with Gasteiger partial charge < -0.3 is 9.84 Å². The highest BCUT2D eigenvalue weighted by Crippen LogP contribution is 2.39. The van der Waals surface area contributed by atoms with E-state index in [-0.39, 0.29) is 0 Å². The zero-order valence-corrected chi connectivity index (χ0v) is 8.38. The van der Waals surface area contributed by atoms with Gasteiger partial charge in [-0.05, 0) is 31.6 Å². The lowest BCUT2D eigenvalue weighted by Gasteiger charge is -2.34. The third-order valence-electron chi connectivity index (χ3n) is 3.11. The van der Waals surface area contributed by atoms with Crippen molar-refractivity contribution in [3.8, 4) is 0 Å². The van der Waals surface area contributed by atoms with Crippen molar-refractivity contribution in [3.05, 3.63) is 0 Å². The lowest BCUT2D eigenvalue weighted by molar-refractivity contribution is -0.155. The van der Waals surface area contributed by atoms with E-state index in [1.165, 1.54) is 0 Å². The summed E-state index contributed by atoms with van der Waals surface area (Å²) in [6, 6.07) is 0. The van der Waals surface area contributed by atoms with Gasteiger partial charge in [-0.1, -0.05) is 6.92 Å². The van der Waals surface area contributed by atoms with Crippen LogP contribution in [0.2, 0.25) is 0 Å². The number of ether oxygens (including phenoxy) is 1. The lowest BCUT2D eigenvalue weighted by atomic mass is 9.71. The number of hydrogen-bond donors (Lipinski definition) is 1. The molecule has 0 amide bonds. The fraction of sp³-hybridized carbons (Fsp3) is 0.900. The Hall–Kier alpha value is -0.570. The first kappa shape index (κ1) is 10.5. The normalized spacial score (nSPS) is 34.5. The molecule has 1 aliphatic carbocycles. The van der Waals surface area contributed by atoms with Crippen LogP contribution in [0.15, 0.2) is 0 Å². The third kappa shape index (κ3) is 2.21. The zero-order valence-electron chi connectivity index (χ0n) is 8.38. The molecule has 1 N–H and O–H groups in total. The minimum absolute atomic E-state index is 0.356. The van der Waals surface area contributed by atoms with Gasteiger partial charge in [-0.15, -0.1) is 0 Å². The Kier molecular flexibility index (Phi) is 3.31. The second kappa shape index (κ2) is 4.09. The fourth-order valence-electron chi connectivity index (χ4n) is 2.01. The van der Waals surface area contributed by atoms with Crippen molar-refractivity contribution in [1.82, 2.24) is 0 Å². The molecule has 0 aromatic rings. The zero-order chi connectivity index (χ0) is 9.90. The molecule has 1 saturated carbocycles. The Labute approximate surface area is 79.1 Å². The molecule has 1 rings (SSSR count). The highest BCUT2D eigenvalue weighted by atomic mass is 16.5. The van der Waals surface area contributed by atoms with Gasteiger partial charge in [0.1, 0.15) is 0 Å². The summed E-state index contributed by atoms with van der Waals surface area (Å²) in [6.07, 6.45) is 3.54. The molecule has 0 aliphatic heterocycles. The van der Waals surface area contributed by atoms with Gasteiger partial charge in [0.2, 0.25) is 0 Å². The smallest absolute Gasteiger partial charge is 0.311 e. The number of carbonyl (C=O) groups is 1. The first-order valence-corrected chi connectivity index (χ1v) is 4.83. The average molecular weight is 186 g/mol. The summed E-state index contributed by atoms with van der Waals surface area (Å²) in [4.78, 5) is 11.1. The largest absolute Gasteiger partial charge is 0.481 e. The summed E-state index contributed by atoms with van der Waals surface area (Å²) in [6.45, 7) is 2.54. The summed E-state index contributed by atoms with van der Waals surface area (Å²) in [5.74, 6) is -0.0226. The molecular weight excluding hydrogens is 168 g/mol. The van der Waals surface area contributed by atoms with E-state index < -0.39 is 11.4 Å². The minimum Gasteiger partial charge on any atom is -0.481 e. The monoisotopic (exact) mass is 186 g/mol. The molecular formula is C10H18O3. The second-order valence-electron chi connectivity index (χ2n) is 4.20. The van der Waals surface area contributed by atoms with Crippen LogP contribution in [0.3, 0.4) is 0 Å². The standard InChI is InChI=1S/C10H18O3/c1-8-3-5-10(6-4-8,7-13-2)9(11)12/h8H,3-7H2,1-2H3,(H,11,12). The Balaban J connectivity index is 2.63. The molecule has 0 aromatic heterocycles. The molecule has 0 heterocycles. The van der Waals surface area contributed by atoms with Crippen LogP contribution in [0.25, 0.3) is 0 Å². The predicted octanol–water partition coefficient (Wildman–Crippen LogP) is 1.91. The molecule has 3 heteroatoms. The molecule has 0 atom stereocenters. The molecule has 0 radical (unpaired) electrons. The van der Waals surface area contributed by atoms with Gasteiger partial charge in [0.25, 0.3) is 0 Å². The number of carboxylic acid groups (broad SMARTS) is 1. The van der Waals surface area contributed by atoms with Gasteiger partial charge in [0.15, 0.2) is 0 Å². The number of hydrogen-bond acceptors (Lipinski definition) is 2. The summed E-state index contributed by atoms with van der Waals surface area (Å²) >= 11 is 0. The number of methoxy groups -OCH3 is 1. The van der Waals surface area contributed by atoms with Crippen molar-refractivity contribution >= 4 is 5.97 Å². The van der Waals surface area contributed by atoms with Crippen LogP contribution in [0.4, 0.5) is 0 Å². The topological polar surface area (TPSA) is 46.5 Å². The molecule has 13 heavy (non-hydrogen) atoms. The summed E-state index contributed by atoms with van der Waals surface area (Å²) in [5, 5.41) is 9.13. The fourth-order valence-corrected chi connectivity index (χ4v) is 2.01. The molecule has 0 aromatic carbocycles. The van der Waals surface area contributed by atoms with Crippen molar-refractivity contribution < 1.29 is 14.6 Å². The molecule has 0 spiro atoms. The quantitative estimate of drug-likeness (QED) is 0.732. The maximum absolute atomic E-state index is 11.1. The van der Waals surface area contributed by atoms with Crippen molar-refractivity contribution in [2.45, 2.75) is 32.6 Å². The van der Waals surface area contributed by atoms with E-state index in [1.54, 1.807) is 7.11 Å². The van der Waals surface area contributed by atoms with Crippen molar-refractivity contribution in [3.63, 3.8) is 0 Å². The number of carboxylic acids is 1. The van der Waals surface area contributed by atoms with Crippen LogP contribution in [-0.2, 0) is 9.53 Å². The van der Waals surface area contributed by atoms with E-state index in [4.69, 9.17) is 9.84 Å². The molecule has 0 unspecified atom stereocenters. The molecule has 3 nitrogen and oxygen atoms in total. The molecule has 76 valence electrons. The first-order valence-electron chi connectivity index (χ1n) is 4.83. The summed E-state index contributed by atoms with van der Waals surface area (Å²) < 4.78 is 5.00. The van der Waals surface area contributed by atoms with E-state index in [0.717, 1.165) is 25.7 Å². The summed E-state index contributed by atoms with van der Waals surface area (Å²) in [7, 11) is 1.57. The molecule has 0 saturated heterocycles. The number of rotatable bonds is 3. The second-order valence-corrected chi connectivity index (χ2v) is 4.20. The Morgan fingerprint density at radius 1 is 1.54 bits per heavy atom. The van der Waals surface area contributed by atoms with E-state index >= 15 is 0 Å². The van der Waals surface area contributed by atoms with Crippen molar-refractivity contribution in [2.24, 2.45) is 11.3 Å². The summed E-state index contributed by atoms with van der Waals surface area (Å²) in [5.41, 5.74) is -0.596. The number of aliphatic carboxylic acids is 1. The van der Waals surface area contributed by atoms with Crippen LogP contribution in [0.1, 0.15) is 32.6 Å². The third-order valence-corrected chi connectivity index (χ3v) is 3.11. The van der Waals surface area contributed by atoms with E-state index in [0.29, 0.717) is 12.5 Å². The first-order chi connectivity index (χ1) is 6.10. The maximum Gasteiger partial charge on any atom is 0.311 e.